The van der Waals surface area contributed by atoms with E-state index in [-0.39, 0.29) is 17.3 Å². The summed E-state index contributed by atoms with van der Waals surface area (Å²) < 4.78 is 1.50. The number of carboxylic acid groups (broad SMARTS) is 1. The molecule has 3 N–H and O–H groups in total. The largest absolute Gasteiger partial charge is 0.477 e. The molecule has 1 aromatic heterocycles. The van der Waals surface area contributed by atoms with Crippen molar-refractivity contribution >= 4 is 49.4 Å². The van der Waals surface area contributed by atoms with E-state index in [0.29, 0.717) is 11.3 Å². The number of carbonyl (C=O) groups is 2. The maximum Gasteiger partial charge on any atom is 0.354 e. The third kappa shape index (κ3) is 3.29. The van der Waals surface area contributed by atoms with Crippen molar-refractivity contribution in [3.8, 4) is 0 Å². The number of aryl methyl sites for hydroxylation is 1. The topological polar surface area (TPSA) is 82.2 Å². The van der Waals surface area contributed by atoms with Crippen LogP contribution in [0.25, 0.3) is 0 Å². The molecule has 1 aromatic carbocycles. The monoisotopic (exact) mass is 400 g/mol. The van der Waals surface area contributed by atoms with Crippen LogP contribution in [-0.4, -0.2) is 22.0 Å². The molecule has 0 bridgehead atoms. The van der Waals surface area contributed by atoms with Gasteiger partial charge in [0.15, 0.2) is 0 Å². The second-order valence-corrected chi connectivity index (χ2v) is 5.99. The van der Waals surface area contributed by atoms with Crippen LogP contribution in [0, 0.1) is 6.92 Å². The van der Waals surface area contributed by atoms with E-state index in [1.807, 2.05) is 0 Å². The molecule has 1 heterocycles. The van der Waals surface area contributed by atoms with Crippen LogP contribution in [-0.2, 0) is 0 Å². The van der Waals surface area contributed by atoms with E-state index in [1.54, 1.807) is 31.2 Å². The summed E-state index contributed by atoms with van der Waals surface area (Å²) in [6.07, 6.45) is 0. The summed E-state index contributed by atoms with van der Waals surface area (Å²) in [6, 6.07) is 6.69. The Hall–Kier alpha value is -1.60. The van der Waals surface area contributed by atoms with Gasteiger partial charge in [-0.1, -0.05) is 31.9 Å². The third-order valence-corrected chi connectivity index (χ3v) is 3.45. The third-order valence-electron chi connectivity index (χ3n) is 2.54. The summed E-state index contributed by atoms with van der Waals surface area (Å²) in [7, 11) is 0. The van der Waals surface area contributed by atoms with Crippen LogP contribution in [0.1, 0.15) is 26.5 Å². The van der Waals surface area contributed by atoms with Crippen LogP contribution < -0.4 is 5.32 Å². The standard InChI is InChI=1S/C13H10Br2N2O3/c1-6-2-10(11(16-6)13(19)20)17-12(18)7-3-8(14)5-9(15)4-7/h2-5,16H,1H3,(H,17,18)(H,19,20). The van der Waals surface area contributed by atoms with Crippen molar-refractivity contribution in [1.82, 2.24) is 4.98 Å². The maximum absolute atomic E-state index is 12.1. The zero-order valence-corrected chi connectivity index (χ0v) is 13.5. The number of carboxylic acids is 1. The minimum Gasteiger partial charge on any atom is -0.477 e. The van der Waals surface area contributed by atoms with E-state index in [4.69, 9.17) is 5.11 Å². The first-order valence-electron chi connectivity index (χ1n) is 5.57. The summed E-state index contributed by atoms with van der Waals surface area (Å²) in [5.41, 5.74) is 1.29. The van der Waals surface area contributed by atoms with E-state index >= 15 is 0 Å². The number of hydrogen-bond donors (Lipinski definition) is 3. The Bertz CT molecular complexity index is 675. The van der Waals surface area contributed by atoms with Crippen molar-refractivity contribution in [2.75, 3.05) is 5.32 Å². The van der Waals surface area contributed by atoms with Crippen molar-refractivity contribution in [2.45, 2.75) is 6.92 Å². The molecule has 0 aliphatic rings. The number of hydrogen-bond acceptors (Lipinski definition) is 2. The fourth-order valence-corrected chi connectivity index (χ4v) is 3.03. The molecule has 5 nitrogen and oxygen atoms in total. The van der Waals surface area contributed by atoms with Crippen LogP contribution in [0.5, 0.6) is 0 Å². The van der Waals surface area contributed by atoms with Crippen LogP contribution in [0.15, 0.2) is 33.2 Å². The first-order valence-corrected chi connectivity index (χ1v) is 7.16. The summed E-state index contributed by atoms with van der Waals surface area (Å²) in [5.74, 6) is -1.50. The zero-order valence-electron chi connectivity index (χ0n) is 10.3. The van der Waals surface area contributed by atoms with Gasteiger partial charge in [0.1, 0.15) is 5.69 Å². The highest BCUT2D eigenvalue weighted by Gasteiger charge is 2.16. The second kappa shape index (κ2) is 5.80. The summed E-state index contributed by atoms with van der Waals surface area (Å²) in [5, 5.41) is 11.6. The molecule has 0 aliphatic heterocycles. The molecule has 2 aromatic rings. The van der Waals surface area contributed by atoms with Crippen molar-refractivity contribution in [3.63, 3.8) is 0 Å². The van der Waals surface area contributed by atoms with Gasteiger partial charge in [-0.05, 0) is 31.2 Å². The molecule has 20 heavy (non-hydrogen) atoms. The number of H-pyrrole nitrogens is 1. The van der Waals surface area contributed by atoms with Gasteiger partial charge in [0.05, 0.1) is 5.69 Å². The Morgan fingerprint density at radius 1 is 1.15 bits per heavy atom. The number of nitrogens with one attached hydrogen (secondary N) is 2. The van der Waals surface area contributed by atoms with Gasteiger partial charge in [0, 0.05) is 20.2 Å². The second-order valence-electron chi connectivity index (χ2n) is 4.16. The predicted octanol–water partition coefficient (Wildman–Crippen LogP) is 3.80. The Labute approximate surface area is 131 Å². The highest BCUT2D eigenvalue weighted by Crippen LogP contribution is 2.22. The van der Waals surface area contributed by atoms with Crippen LogP contribution in [0.2, 0.25) is 0 Å². The molecule has 0 radical (unpaired) electrons. The van der Waals surface area contributed by atoms with Gasteiger partial charge in [0.2, 0.25) is 0 Å². The number of halogens is 2. The first kappa shape index (κ1) is 14.8. The van der Waals surface area contributed by atoms with Gasteiger partial charge in [0.25, 0.3) is 5.91 Å². The smallest absolute Gasteiger partial charge is 0.354 e. The van der Waals surface area contributed by atoms with E-state index in [9.17, 15) is 9.59 Å². The average Bonchev–Trinajstić information content (AvgIpc) is 2.69. The lowest BCUT2D eigenvalue weighted by atomic mass is 10.2. The Kier molecular flexibility index (Phi) is 4.29. The van der Waals surface area contributed by atoms with Crippen molar-refractivity contribution in [2.24, 2.45) is 0 Å². The van der Waals surface area contributed by atoms with Gasteiger partial charge in [-0.15, -0.1) is 0 Å². The van der Waals surface area contributed by atoms with Crippen LogP contribution >= 0.6 is 31.9 Å². The molecule has 104 valence electrons. The molecule has 2 rings (SSSR count). The van der Waals surface area contributed by atoms with Gasteiger partial charge >= 0.3 is 5.97 Å². The van der Waals surface area contributed by atoms with Crippen LogP contribution in [0.4, 0.5) is 5.69 Å². The highest BCUT2D eigenvalue weighted by atomic mass is 79.9. The number of rotatable bonds is 3. The number of aromatic carboxylic acids is 1. The molecule has 0 atom stereocenters. The Morgan fingerprint density at radius 3 is 2.30 bits per heavy atom. The van der Waals surface area contributed by atoms with E-state index in [0.717, 1.165) is 8.95 Å². The number of anilines is 1. The van der Waals surface area contributed by atoms with Crippen molar-refractivity contribution in [1.29, 1.82) is 0 Å². The molecule has 7 heteroatoms. The Morgan fingerprint density at radius 2 is 1.75 bits per heavy atom. The van der Waals surface area contributed by atoms with Gasteiger partial charge < -0.3 is 15.4 Å². The van der Waals surface area contributed by atoms with E-state index in [2.05, 4.69) is 42.2 Å². The highest BCUT2D eigenvalue weighted by molar-refractivity contribution is 9.11. The molecule has 0 saturated carbocycles. The number of aromatic amines is 1. The fraction of sp³-hybridized carbons (Fsp3) is 0.0769. The van der Waals surface area contributed by atoms with Crippen molar-refractivity contribution < 1.29 is 14.7 Å². The zero-order chi connectivity index (χ0) is 14.9. The quantitative estimate of drug-likeness (QED) is 0.731. The number of aromatic nitrogens is 1. The van der Waals surface area contributed by atoms with Crippen LogP contribution in [0.3, 0.4) is 0 Å². The molecule has 0 aliphatic carbocycles. The molecular formula is C13H10Br2N2O3. The lowest BCUT2D eigenvalue weighted by molar-refractivity contribution is 0.0692. The fourth-order valence-electron chi connectivity index (χ4n) is 1.74. The summed E-state index contributed by atoms with van der Waals surface area (Å²) in [4.78, 5) is 25.9. The van der Waals surface area contributed by atoms with Gasteiger partial charge in [-0.2, -0.15) is 0 Å². The SMILES string of the molecule is Cc1cc(NC(=O)c2cc(Br)cc(Br)c2)c(C(=O)O)[nH]1. The lowest BCUT2D eigenvalue weighted by Crippen LogP contribution is -2.14. The molecule has 0 spiro atoms. The number of benzene rings is 1. The van der Waals surface area contributed by atoms with E-state index in [1.165, 1.54) is 0 Å². The number of carbonyl (C=O) groups excluding carboxylic acids is 1. The normalized spacial score (nSPS) is 10.3. The number of amides is 1. The first-order chi connectivity index (χ1) is 9.36. The molecule has 0 saturated heterocycles. The molecule has 1 amide bonds. The summed E-state index contributed by atoms with van der Waals surface area (Å²) in [6.45, 7) is 1.72. The predicted molar refractivity (Wildman–Crippen MR) is 82.3 cm³/mol. The van der Waals surface area contributed by atoms with E-state index < -0.39 is 5.97 Å². The Balaban J connectivity index is 2.30. The summed E-state index contributed by atoms with van der Waals surface area (Å²) >= 11 is 6.60. The molecule has 0 fully saturated rings. The minimum atomic E-state index is -1.12. The van der Waals surface area contributed by atoms with Gasteiger partial charge in [-0.3, -0.25) is 4.79 Å². The molecule has 0 unspecified atom stereocenters. The lowest BCUT2D eigenvalue weighted by Gasteiger charge is -2.05. The minimum absolute atomic E-state index is 0.0371. The average molecular weight is 402 g/mol. The van der Waals surface area contributed by atoms with Gasteiger partial charge in [-0.25, -0.2) is 4.79 Å². The maximum atomic E-state index is 12.1. The molecular weight excluding hydrogens is 392 g/mol. The van der Waals surface area contributed by atoms with Crippen molar-refractivity contribution in [3.05, 3.63) is 50.2 Å².